The van der Waals surface area contributed by atoms with E-state index in [0.717, 1.165) is 5.56 Å². The van der Waals surface area contributed by atoms with Gasteiger partial charge in [-0.2, -0.15) is 0 Å². The van der Waals surface area contributed by atoms with E-state index in [2.05, 4.69) is 0 Å². The van der Waals surface area contributed by atoms with Gasteiger partial charge >= 0.3 is 5.97 Å². The van der Waals surface area contributed by atoms with Gasteiger partial charge in [-0.15, -0.1) is 0 Å². The first-order valence-electron chi connectivity index (χ1n) is 5.76. The molecule has 0 aliphatic heterocycles. The maximum Gasteiger partial charge on any atom is 0.311 e. The number of carbonyl (C=O) groups is 1. The molecule has 0 bridgehead atoms. The Bertz CT molecular complexity index is 418. The number of carbonyl (C=O) groups excluding carboxylic acids is 1. The summed E-state index contributed by atoms with van der Waals surface area (Å²) in [5.74, 6) is 1.06. The Hall–Kier alpha value is -1.71. The van der Waals surface area contributed by atoms with Crippen LogP contribution in [0.4, 0.5) is 0 Å². The fraction of sp³-hybridized carbons (Fsp3) is 0.500. The molecule has 0 saturated heterocycles. The summed E-state index contributed by atoms with van der Waals surface area (Å²) in [6.07, 6.45) is 0. The van der Waals surface area contributed by atoms with Crippen molar-refractivity contribution >= 4 is 5.97 Å². The minimum atomic E-state index is -0.490. The monoisotopic (exact) mass is 252 g/mol. The van der Waals surface area contributed by atoms with Gasteiger partial charge in [-0.1, -0.05) is 6.07 Å². The Balaban J connectivity index is 2.72. The van der Waals surface area contributed by atoms with Crippen LogP contribution in [-0.2, 0) is 16.1 Å². The van der Waals surface area contributed by atoms with Crippen molar-refractivity contribution in [2.24, 2.45) is 5.41 Å². The van der Waals surface area contributed by atoms with Gasteiger partial charge in [0.25, 0.3) is 0 Å². The summed E-state index contributed by atoms with van der Waals surface area (Å²) in [5, 5.41) is 0. The van der Waals surface area contributed by atoms with E-state index in [4.69, 9.17) is 14.2 Å². The van der Waals surface area contributed by atoms with Gasteiger partial charge in [-0.25, -0.2) is 0 Å². The zero-order valence-corrected chi connectivity index (χ0v) is 11.6. The van der Waals surface area contributed by atoms with Crippen LogP contribution in [0.2, 0.25) is 0 Å². The maximum atomic E-state index is 11.6. The van der Waals surface area contributed by atoms with Gasteiger partial charge in [0, 0.05) is 0 Å². The van der Waals surface area contributed by atoms with Crippen molar-refractivity contribution in [1.29, 1.82) is 0 Å². The van der Waals surface area contributed by atoms with Crippen LogP contribution in [0.1, 0.15) is 26.3 Å². The normalized spacial score (nSPS) is 10.9. The first kappa shape index (κ1) is 14.4. The van der Waals surface area contributed by atoms with Crippen molar-refractivity contribution in [1.82, 2.24) is 0 Å². The molecule has 4 nitrogen and oxygen atoms in total. The van der Waals surface area contributed by atoms with E-state index in [1.54, 1.807) is 26.4 Å². The SMILES string of the molecule is COc1ccc(COC(=O)C(C)(C)C)cc1OC. The second-order valence-electron chi connectivity index (χ2n) is 5.02. The topological polar surface area (TPSA) is 44.8 Å². The van der Waals surface area contributed by atoms with Crippen LogP contribution >= 0.6 is 0 Å². The second kappa shape index (κ2) is 5.76. The van der Waals surface area contributed by atoms with Crippen LogP contribution in [0.3, 0.4) is 0 Å². The van der Waals surface area contributed by atoms with Gasteiger partial charge in [0.2, 0.25) is 0 Å². The summed E-state index contributed by atoms with van der Waals surface area (Å²) in [7, 11) is 3.15. The van der Waals surface area contributed by atoms with Gasteiger partial charge in [0.05, 0.1) is 19.6 Å². The van der Waals surface area contributed by atoms with E-state index in [-0.39, 0.29) is 12.6 Å². The standard InChI is InChI=1S/C14H20O4/c1-14(2,3)13(15)18-9-10-6-7-11(16-4)12(8-10)17-5/h6-8H,9H2,1-5H3. The van der Waals surface area contributed by atoms with Crippen molar-refractivity contribution in [2.45, 2.75) is 27.4 Å². The molecule has 0 unspecified atom stereocenters. The van der Waals surface area contributed by atoms with Crippen molar-refractivity contribution in [2.75, 3.05) is 14.2 Å². The lowest BCUT2D eigenvalue weighted by Gasteiger charge is -2.17. The van der Waals surface area contributed by atoms with Gasteiger partial charge < -0.3 is 14.2 Å². The van der Waals surface area contributed by atoms with Gasteiger partial charge in [-0.3, -0.25) is 4.79 Å². The maximum absolute atomic E-state index is 11.6. The molecule has 0 spiro atoms. The molecular weight excluding hydrogens is 232 g/mol. The molecule has 0 aliphatic carbocycles. The lowest BCUT2D eigenvalue weighted by molar-refractivity contribution is -0.154. The molecule has 1 rings (SSSR count). The smallest absolute Gasteiger partial charge is 0.311 e. The Morgan fingerprint density at radius 3 is 2.22 bits per heavy atom. The van der Waals surface area contributed by atoms with Gasteiger partial charge in [0.1, 0.15) is 6.61 Å². The molecule has 0 amide bonds. The average Bonchev–Trinajstić information content (AvgIpc) is 2.34. The van der Waals surface area contributed by atoms with Crippen LogP contribution in [0.25, 0.3) is 0 Å². The zero-order chi connectivity index (χ0) is 13.8. The quantitative estimate of drug-likeness (QED) is 0.773. The van der Waals surface area contributed by atoms with Crippen LogP contribution in [-0.4, -0.2) is 20.2 Å². The molecule has 0 aliphatic rings. The molecule has 100 valence electrons. The molecule has 18 heavy (non-hydrogen) atoms. The van der Waals surface area contributed by atoms with E-state index < -0.39 is 5.41 Å². The zero-order valence-electron chi connectivity index (χ0n) is 11.6. The summed E-state index contributed by atoms with van der Waals surface area (Å²) in [4.78, 5) is 11.6. The Morgan fingerprint density at radius 2 is 1.72 bits per heavy atom. The summed E-state index contributed by atoms with van der Waals surface area (Å²) < 4.78 is 15.6. The summed E-state index contributed by atoms with van der Waals surface area (Å²) >= 11 is 0. The molecule has 1 aromatic carbocycles. The third-order valence-corrected chi connectivity index (χ3v) is 2.43. The Morgan fingerprint density at radius 1 is 1.11 bits per heavy atom. The number of ether oxygens (including phenoxy) is 3. The predicted octanol–water partition coefficient (Wildman–Crippen LogP) is 2.79. The lowest BCUT2D eigenvalue weighted by Crippen LogP contribution is -2.22. The third-order valence-electron chi connectivity index (χ3n) is 2.43. The summed E-state index contributed by atoms with van der Waals surface area (Å²) in [6.45, 7) is 5.70. The second-order valence-corrected chi connectivity index (χ2v) is 5.02. The van der Waals surface area contributed by atoms with E-state index in [1.165, 1.54) is 0 Å². The average molecular weight is 252 g/mol. The Labute approximate surface area is 108 Å². The van der Waals surface area contributed by atoms with E-state index >= 15 is 0 Å². The van der Waals surface area contributed by atoms with Crippen molar-refractivity contribution in [3.8, 4) is 11.5 Å². The minimum Gasteiger partial charge on any atom is -0.493 e. The highest BCUT2D eigenvalue weighted by atomic mass is 16.5. The van der Waals surface area contributed by atoms with Crippen molar-refractivity contribution in [3.05, 3.63) is 23.8 Å². The molecule has 4 heteroatoms. The molecular formula is C14H20O4. The van der Waals surface area contributed by atoms with E-state index in [1.807, 2.05) is 26.8 Å². The highest BCUT2D eigenvalue weighted by molar-refractivity contribution is 5.75. The third kappa shape index (κ3) is 3.65. The van der Waals surface area contributed by atoms with E-state index in [9.17, 15) is 4.79 Å². The number of benzene rings is 1. The highest BCUT2D eigenvalue weighted by Crippen LogP contribution is 2.28. The molecule has 0 N–H and O–H groups in total. The van der Waals surface area contributed by atoms with Gasteiger partial charge in [0.15, 0.2) is 11.5 Å². The van der Waals surface area contributed by atoms with Crippen LogP contribution in [0.5, 0.6) is 11.5 Å². The molecule has 0 saturated carbocycles. The van der Waals surface area contributed by atoms with Crippen LogP contribution < -0.4 is 9.47 Å². The summed E-state index contributed by atoms with van der Waals surface area (Å²) in [6, 6.07) is 5.44. The van der Waals surface area contributed by atoms with Crippen molar-refractivity contribution < 1.29 is 19.0 Å². The number of hydrogen-bond acceptors (Lipinski definition) is 4. The fourth-order valence-electron chi connectivity index (χ4n) is 1.34. The molecule has 0 atom stereocenters. The van der Waals surface area contributed by atoms with Crippen LogP contribution in [0.15, 0.2) is 18.2 Å². The number of hydrogen-bond donors (Lipinski definition) is 0. The van der Waals surface area contributed by atoms with E-state index in [0.29, 0.717) is 11.5 Å². The molecule has 0 heterocycles. The first-order valence-corrected chi connectivity index (χ1v) is 5.76. The first-order chi connectivity index (χ1) is 8.38. The van der Waals surface area contributed by atoms with Crippen LogP contribution in [0, 0.1) is 5.41 Å². The molecule has 0 aromatic heterocycles. The number of rotatable bonds is 4. The number of esters is 1. The minimum absolute atomic E-state index is 0.225. The molecule has 0 radical (unpaired) electrons. The fourth-order valence-corrected chi connectivity index (χ4v) is 1.34. The Kier molecular flexibility index (Phi) is 4.59. The summed E-state index contributed by atoms with van der Waals surface area (Å²) in [5.41, 5.74) is 0.376. The highest BCUT2D eigenvalue weighted by Gasteiger charge is 2.23. The molecule has 1 aromatic rings. The van der Waals surface area contributed by atoms with Gasteiger partial charge in [-0.05, 0) is 38.5 Å². The number of methoxy groups -OCH3 is 2. The molecule has 0 fully saturated rings. The predicted molar refractivity (Wildman–Crippen MR) is 68.8 cm³/mol. The van der Waals surface area contributed by atoms with Crippen molar-refractivity contribution in [3.63, 3.8) is 0 Å². The lowest BCUT2D eigenvalue weighted by atomic mass is 9.97. The largest absolute Gasteiger partial charge is 0.493 e.